The van der Waals surface area contributed by atoms with Gasteiger partial charge >= 0.3 is 12.1 Å². The van der Waals surface area contributed by atoms with Crippen molar-refractivity contribution in [2.75, 3.05) is 19.0 Å². The Kier molecular flexibility index (Phi) is 8.20. The number of ether oxygens (including phenoxy) is 3. The van der Waals surface area contributed by atoms with Gasteiger partial charge in [-0.2, -0.15) is 0 Å². The third-order valence-corrected chi connectivity index (χ3v) is 6.44. The van der Waals surface area contributed by atoms with Crippen molar-refractivity contribution in [3.63, 3.8) is 0 Å². The predicted octanol–water partition coefficient (Wildman–Crippen LogP) is 5.46. The normalized spacial score (nSPS) is 17.3. The molecule has 36 heavy (non-hydrogen) atoms. The molecule has 1 fully saturated rings. The Bertz CT molecular complexity index is 1190. The number of anilines is 1. The average Bonchev–Trinajstić information content (AvgIpc) is 3.26. The van der Waals surface area contributed by atoms with Gasteiger partial charge < -0.3 is 18.7 Å². The molecule has 0 unspecified atom stereocenters. The van der Waals surface area contributed by atoms with Crippen molar-refractivity contribution in [1.29, 1.82) is 0 Å². The molecule has 9 nitrogen and oxygen atoms in total. The second kappa shape index (κ2) is 11.7. The number of pyridine rings is 1. The predicted molar refractivity (Wildman–Crippen MR) is 132 cm³/mol. The van der Waals surface area contributed by atoms with Crippen LogP contribution in [0.3, 0.4) is 0 Å². The molecule has 190 valence electrons. The van der Waals surface area contributed by atoms with Gasteiger partial charge in [-0.1, -0.05) is 48.3 Å². The molecule has 9 heteroatoms. The number of carbonyl (C=O) groups excluding carboxylic acids is 2. The number of carbonyl (C=O) groups is 2. The zero-order chi connectivity index (χ0) is 25.5. The number of amides is 1. The number of benzene rings is 1. The molecule has 1 aromatic carbocycles. The van der Waals surface area contributed by atoms with Crippen molar-refractivity contribution in [2.24, 2.45) is 11.8 Å². The Morgan fingerprint density at radius 2 is 1.83 bits per heavy atom. The van der Waals surface area contributed by atoms with E-state index in [1.807, 2.05) is 43.3 Å². The summed E-state index contributed by atoms with van der Waals surface area (Å²) in [4.78, 5) is 29.1. The van der Waals surface area contributed by atoms with Crippen LogP contribution in [0.5, 0.6) is 5.75 Å². The second-order valence-corrected chi connectivity index (χ2v) is 8.92. The number of methoxy groups -OCH3 is 1. The van der Waals surface area contributed by atoms with Crippen molar-refractivity contribution in [2.45, 2.75) is 46.1 Å². The molecule has 3 aromatic rings. The minimum Gasteiger partial charge on any atom is -0.491 e. The maximum atomic E-state index is 12.4. The lowest BCUT2D eigenvalue weighted by atomic mass is 9.80. The molecule has 0 bridgehead atoms. The largest absolute Gasteiger partial charge is 0.491 e. The molecule has 4 rings (SSSR count). The summed E-state index contributed by atoms with van der Waals surface area (Å²) in [5.41, 5.74) is 2.95. The molecule has 0 radical (unpaired) electrons. The molecule has 2 heterocycles. The van der Waals surface area contributed by atoms with Crippen LogP contribution in [0.1, 0.15) is 42.6 Å². The fourth-order valence-electron chi connectivity index (χ4n) is 4.45. The van der Waals surface area contributed by atoms with Crippen molar-refractivity contribution in [3.05, 3.63) is 59.4 Å². The smallest absolute Gasteiger partial charge is 0.412 e. The van der Waals surface area contributed by atoms with Gasteiger partial charge in [0.15, 0.2) is 0 Å². The van der Waals surface area contributed by atoms with E-state index in [1.165, 1.54) is 7.11 Å². The molecular weight excluding hydrogens is 462 g/mol. The highest BCUT2D eigenvalue weighted by Gasteiger charge is 2.32. The number of aryl methyl sites for hydroxylation is 2. The monoisotopic (exact) mass is 493 g/mol. The van der Waals surface area contributed by atoms with Crippen LogP contribution in [0.25, 0.3) is 11.5 Å². The molecule has 1 amide bonds. The molecule has 1 N–H and O–H groups in total. The van der Waals surface area contributed by atoms with Crippen molar-refractivity contribution >= 4 is 17.7 Å². The van der Waals surface area contributed by atoms with Crippen LogP contribution in [0, 0.1) is 25.7 Å². The van der Waals surface area contributed by atoms with E-state index in [4.69, 9.17) is 18.7 Å². The second-order valence-electron chi connectivity index (χ2n) is 8.92. The van der Waals surface area contributed by atoms with Crippen molar-refractivity contribution in [3.8, 4) is 17.2 Å². The first kappa shape index (κ1) is 25.2. The topological polar surface area (TPSA) is 113 Å². The molecule has 0 spiro atoms. The van der Waals surface area contributed by atoms with Gasteiger partial charge in [-0.25, -0.2) is 9.78 Å². The number of aromatic nitrogens is 2. The Hall–Kier alpha value is -3.88. The SMILES string of the molecule is COC(=O)[C@H]1CCCC[C@@H]1COc1ccc(-c2onc(C)c2NC(=O)OCc2ccccc2)nc1C. The standard InChI is InChI=1S/C27H31N3O6/c1-17-23(34-16-20-11-7-8-12-21(20)26(31)33-3)14-13-22(28-17)25-24(18(2)30-36-25)29-27(32)35-15-19-9-5-4-6-10-19/h4-6,9-10,13-14,20-21H,7-8,11-12,15-16H2,1-3H3,(H,29,32)/t20-,21+/m1/s1. The number of hydrogen-bond acceptors (Lipinski definition) is 8. The quantitative estimate of drug-likeness (QED) is 0.412. The Labute approximate surface area is 210 Å². The van der Waals surface area contributed by atoms with Crippen LogP contribution in [-0.2, 0) is 20.9 Å². The van der Waals surface area contributed by atoms with Crippen molar-refractivity contribution in [1.82, 2.24) is 10.1 Å². The summed E-state index contributed by atoms with van der Waals surface area (Å²) in [6, 6.07) is 13.0. The average molecular weight is 494 g/mol. The zero-order valence-corrected chi connectivity index (χ0v) is 20.8. The lowest BCUT2D eigenvalue weighted by Gasteiger charge is -2.29. The van der Waals surface area contributed by atoms with E-state index >= 15 is 0 Å². The molecule has 1 aliphatic carbocycles. The number of rotatable bonds is 8. The molecule has 0 aliphatic heterocycles. The van der Waals surface area contributed by atoms with E-state index in [2.05, 4.69) is 15.5 Å². The lowest BCUT2D eigenvalue weighted by Crippen LogP contribution is -2.32. The van der Waals surface area contributed by atoms with Gasteiger partial charge in [-0.05, 0) is 44.4 Å². The lowest BCUT2D eigenvalue weighted by molar-refractivity contribution is -0.149. The molecule has 2 aromatic heterocycles. The number of hydrogen-bond donors (Lipinski definition) is 1. The molecule has 2 atom stereocenters. The first-order chi connectivity index (χ1) is 17.5. The Morgan fingerprint density at radius 1 is 1.06 bits per heavy atom. The first-order valence-electron chi connectivity index (χ1n) is 12.1. The van der Waals surface area contributed by atoms with Crippen LogP contribution in [0.4, 0.5) is 10.5 Å². The number of nitrogens with zero attached hydrogens (tertiary/aromatic N) is 2. The molecule has 1 saturated carbocycles. The third kappa shape index (κ3) is 6.02. The van der Waals surface area contributed by atoms with E-state index in [1.54, 1.807) is 13.0 Å². The maximum Gasteiger partial charge on any atom is 0.412 e. The van der Waals surface area contributed by atoms with E-state index in [-0.39, 0.29) is 24.4 Å². The van der Waals surface area contributed by atoms with E-state index in [9.17, 15) is 9.59 Å². The summed E-state index contributed by atoms with van der Waals surface area (Å²) in [6.45, 7) is 4.13. The minimum absolute atomic E-state index is 0.111. The molecule has 0 saturated heterocycles. The van der Waals surface area contributed by atoms with E-state index < -0.39 is 6.09 Å². The highest BCUT2D eigenvalue weighted by molar-refractivity contribution is 5.90. The van der Waals surface area contributed by atoms with Gasteiger partial charge in [-0.3, -0.25) is 10.1 Å². The van der Waals surface area contributed by atoms with E-state index in [0.29, 0.717) is 40.9 Å². The summed E-state index contributed by atoms with van der Waals surface area (Å²) in [7, 11) is 1.43. The maximum absolute atomic E-state index is 12.4. The first-order valence-corrected chi connectivity index (χ1v) is 12.1. The Balaban J connectivity index is 1.41. The highest BCUT2D eigenvalue weighted by atomic mass is 16.5. The van der Waals surface area contributed by atoms with Gasteiger partial charge in [0.05, 0.1) is 25.3 Å². The van der Waals surface area contributed by atoms with Crippen LogP contribution >= 0.6 is 0 Å². The van der Waals surface area contributed by atoms with Crippen LogP contribution in [0.15, 0.2) is 47.0 Å². The van der Waals surface area contributed by atoms with Gasteiger partial charge in [0.25, 0.3) is 0 Å². The minimum atomic E-state index is -0.615. The number of nitrogens with one attached hydrogen (secondary N) is 1. The van der Waals surface area contributed by atoms with Crippen LogP contribution in [0.2, 0.25) is 0 Å². The molecular formula is C27H31N3O6. The summed E-state index contributed by atoms with van der Waals surface area (Å²) in [5.74, 6) is 0.762. The van der Waals surface area contributed by atoms with Crippen LogP contribution in [-0.4, -0.2) is 35.9 Å². The van der Waals surface area contributed by atoms with E-state index in [0.717, 1.165) is 31.2 Å². The third-order valence-electron chi connectivity index (χ3n) is 6.44. The summed E-state index contributed by atoms with van der Waals surface area (Å²) in [5, 5.41) is 6.70. The summed E-state index contributed by atoms with van der Waals surface area (Å²) >= 11 is 0. The van der Waals surface area contributed by atoms with Gasteiger partial charge in [-0.15, -0.1) is 0 Å². The number of esters is 1. The fourth-order valence-corrected chi connectivity index (χ4v) is 4.45. The fraction of sp³-hybridized carbons (Fsp3) is 0.407. The van der Waals surface area contributed by atoms with Gasteiger partial charge in [0, 0.05) is 5.92 Å². The van der Waals surface area contributed by atoms with Gasteiger partial charge in [0.2, 0.25) is 5.76 Å². The van der Waals surface area contributed by atoms with Crippen molar-refractivity contribution < 1.29 is 28.3 Å². The van der Waals surface area contributed by atoms with Gasteiger partial charge in [0.1, 0.15) is 29.4 Å². The Morgan fingerprint density at radius 3 is 2.58 bits per heavy atom. The van der Waals surface area contributed by atoms with Crippen LogP contribution < -0.4 is 10.1 Å². The molecule has 1 aliphatic rings. The summed E-state index contributed by atoms with van der Waals surface area (Å²) < 4.78 is 21.8. The summed E-state index contributed by atoms with van der Waals surface area (Å²) in [6.07, 6.45) is 3.24. The zero-order valence-electron chi connectivity index (χ0n) is 20.8. The highest BCUT2D eigenvalue weighted by Crippen LogP contribution is 2.34.